The first-order chi connectivity index (χ1) is 10.3. The first-order valence-electron chi connectivity index (χ1n) is 6.57. The highest BCUT2D eigenvalue weighted by atomic mass is 16.2. The Morgan fingerprint density at radius 1 is 1.19 bits per heavy atom. The number of hydrazone groups is 1. The highest BCUT2D eigenvalue weighted by Crippen LogP contribution is 2.17. The first kappa shape index (κ1) is 13.1. The third-order valence-electron chi connectivity index (χ3n) is 3.26. The molecule has 0 aliphatic rings. The molecule has 0 saturated carbocycles. The Morgan fingerprint density at radius 2 is 1.95 bits per heavy atom. The van der Waals surface area contributed by atoms with E-state index >= 15 is 0 Å². The maximum absolute atomic E-state index is 12.2. The molecular formula is C16H14N4O. The summed E-state index contributed by atoms with van der Waals surface area (Å²) in [6, 6.07) is 11.3. The van der Waals surface area contributed by atoms with Gasteiger partial charge in [0, 0.05) is 35.1 Å². The smallest absolute Gasteiger partial charge is 0.273 e. The molecule has 21 heavy (non-hydrogen) atoms. The number of aromatic nitrogens is 2. The van der Waals surface area contributed by atoms with Crippen LogP contribution in [0.5, 0.6) is 0 Å². The van der Waals surface area contributed by atoms with Crippen molar-refractivity contribution < 1.29 is 4.79 Å². The van der Waals surface area contributed by atoms with Crippen LogP contribution in [0.25, 0.3) is 10.9 Å². The van der Waals surface area contributed by atoms with E-state index < -0.39 is 0 Å². The summed E-state index contributed by atoms with van der Waals surface area (Å²) in [5, 5.41) is 5.01. The van der Waals surface area contributed by atoms with Crippen LogP contribution in [0.2, 0.25) is 0 Å². The molecule has 2 N–H and O–H groups in total. The molecule has 0 unspecified atom stereocenters. The van der Waals surface area contributed by atoms with Gasteiger partial charge in [0.05, 0.1) is 11.3 Å². The van der Waals surface area contributed by atoms with Crippen LogP contribution < -0.4 is 5.43 Å². The van der Waals surface area contributed by atoms with Crippen LogP contribution in [0.1, 0.15) is 22.8 Å². The molecule has 1 amide bonds. The first-order valence-corrected chi connectivity index (χ1v) is 6.57. The SMILES string of the molecule is CC(=NNC(=O)c1c[nH]c2ccccc12)c1ccncc1. The van der Waals surface area contributed by atoms with Crippen molar-refractivity contribution in [3.63, 3.8) is 0 Å². The number of carbonyl (C=O) groups is 1. The monoisotopic (exact) mass is 278 g/mol. The van der Waals surface area contributed by atoms with Crippen molar-refractivity contribution in [1.29, 1.82) is 0 Å². The number of hydrogen-bond donors (Lipinski definition) is 2. The standard InChI is InChI=1S/C16H14N4O/c1-11(12-6-8-17-9-7-12)19-20-16(21)14-10-18-15-5-3-2-4-13(14)15/h2-10,18H,1H3,(H,20,21). The number of hydrogen-bond acceptors (Lipinski definition) is 3. The number of rotatable bonds is 3. The number of fused-ring (bicyclic) bond motifs is 1. The minimum atomic E-state index is -0.235. The van der Waals surface area contributed by atoms with Gasteiger partial charge in [-0.1, -0.05) is 18.2 Å². The second kappa shape index (κ2) is 5.58. The second-order valence-corrected chi connectivity index (χ2v) is 4.62. The Balaban J connectivity index is 1.81. The van der Waals surface area contributed by atoms with E-state index in [1.807, 2.05) is 43.3 Å². The van der Waals surface area contributed by atoms with Crippen LogP contribution in [0.15, 0.2) is 60.1 Å². The van der Waals surface area contributed by atoms with E-state index in [1.165, 1.54) is 0 Å². The topological polar surface area (TPSA) is 70.1 Å². The number of nitrogens with one attached hydrogen (secondary N) is 2. The summed E-state index contributed by atoms with van der Waals surface area (Å²) in [7, 11) is 0. The number of aromatic amines is 1. The lowest BCUT2D eigenvalue weighted by Crippen LogP contribution is -2.19. The van der Waals surface area contributed by atoms with Gasteiger partial charge in [0.25, 0.3) is 5.91 Å². The summed E-state index contributed by atoms with van der Waals surface area (Å²) >= 11 is 0. The number of pyridine rings is 1. The maximum Gasteiger partial charge on any atom is 0.273 e. The van der Waals surface area contributed by atoms with E-state index in [9.17, 15) is 4.79 Å². The van der Waals surface area contributed by atoms with Gasteiger partial charge in [0.15, 0.2) is 0 Å². The number of H-pyrrole nitrogens is 1. The minimum Gasteiger partial charge on any atom is -0.360 e. The number of benzene rings is 1. The summed E-state index contributed by atoms with van der Waals surface area (Å²) in [5.74, 6) is -0.235. The molecule has 2 aromatic heterocycles. The summed E-state index contributed by atoms with van der Waals surface area (Å²) in [6.07, 6.45) is 5.07. The average molecular weight is 278 g/mol. The molecule has 0 spiro atoms. The molecule has 0 aliphatic carbocycles. The van der Waals surface area contributed by atoms with Gasteiger partial charge in [-0.15, -0.1) is 0 Å². The van der Waals surface area contributed by atoms with Crippen LogP contribution in [0.4, 0.5) is 0 Å². The van der Waals surface area contributed by atoms with E-state index in [1.54, 1.807) is 18.6 Å². The molecule has 1 aromatic carbocycles. The van der Waals surface area contributed by atoms with Crippen molar-refractivity contribution in [3.05, 3.63) is 66.1 Å². The zero-order valence-corrected chi connectivity index (χ0v) is 11.5. The van der Waals surface area contributed by atoms with Crippen LogP contribution in [0.3, 0.4) is 0 Å². The molecule has 3 rings (SSSR count). The number of amides is 1. The molecule has 3 aromatic rings. The van der Waals surface area contributed by atoms with E-state index in [-0.39, 0.29) is 5.91 Å². The lowest BCUT2D eigenvalue weighted by Gasteiger charge is -2.02. The van der Waals surface area contributed by atoms with Gasteiger partial charge in [0.1, 0.15) is 0 Å². The van der Waals surface area contributed by atoms with Crippen molar-refractivity contribution in [3.8, 4) is 0 Å². The predicted octanol–water partition coefficient (Wildman–Crippen LogP) is 2.72. The zero-order chi connectivity index (χ0) is 14.7. The Bertz CT molecular complexity index is 805. The summed E-state index contributed by atoms with van der Waals surface area (Å²) < 4.78 is 0. The zero-order valence-electron chi connectivity index (χ0n) is 11.5. The van der Waals surface area contributed by atoms with Gasteiger partial charge >= 0.3 is 0 Å². The third kappa shape index (κ3) is 2.67. The van der Waals surface area contributed by atoms with Gasteiger partial charge in [-0.25, -0.2) is 5.43 Å². The molecule has 0 radical (unpaired) electrons. The molecule has 5 nitrogen and oxygen atoms in total. The molecule has 0 bridgehead atoms. The quantitative estimate of drug-likeness (QED) is 0.571. The molecular weight excluding hydrogens is 264 g/mol. The summed E-state index contributed by atoms with van der Waals surface area (Å²) in [6.45, 7) is 1.84. The Hall–Kier alpha value is -2.95. The Kier molecular flexibility index (Phi) is 3.47. The molecule has 2 heterocycles. The summed E-state index contributed by atoms with van der Waals surface area (Å²) in [5.41, 5.74) is 5.74. The van der Waals surface area contributed by atoms with E-state index in [2.05, 4.69) is 20.5 Å². The van der Waals surface area contributed by atoms with Crippen LogP contribution in [-0.4, -0.2) is 21.6 Å². The minimum absolute atomic E-state index is 0.235. The molecule has 0 saturated heterocycles. The largest absolute Gasteiger partial charge is 0.360 e. The van der Waals surface area contributed by atoms with Gasteiger partial charge in [-0.05, 0) is 25.1 Å². The second-order valence-electron chi connectivity index (χ2n) is 4.62. The van der Waals surface area contributed by atoms with E-state index in [0.29, 0.717) is 5.56 Å². The predicted molar refractivity (Wildman–Crippen MR) is 82.2 cm³/mol. The van der Waals surface area contributed by atoms with E-state index in [4.69, 9.17) is 0 Å². The lowest BCUT2D eigenvalue weighted by atomic mass is 10.2. The third-order valence-corrected chi connectivity index (χ3v) is 3.26. The van der Waals surface area contributed by atoms with E-state index in [0.717, 1.165) is 22.2 Å². The number of carbonyl (C=O) groups excluding carboxylic acids is 1. The highest BCUT2D eigenvalue weighted by molar-refractivity contribution is 6.07. The molecule has 0 atom stereocenters. The van der Waals surface area contributed by atoms with Gasteiger partial charge in [-0.3, -0.25) is 9.78 Å². The lowest BCUT2D eigenvalue weighted by molar-refractivity contribution is 0.0956. The highest BCUT2D eigenvalue weighted by Gasteiger charge is 2.10. The fourth-order valence-electron chi connectivity index (χ4n) is 2.11. The number of para-hydroxylation sites is 1. The Labute approximate surface area is 121 Å². The van der Waals surface area contributed by atoms with Crippen molar-refractivity contribution in [1.82, 2.24) is 15.4 Å². The van der Waals surface area contributed by atoms with Crippen molar-refractivity contribution >= 4 is 22.5 Å². The van der Waals surface area contributed by atoms with Gasteiger partial charge < -0.3 is 4.98 Å². The molecule has 0 fully saturated rings. The average Bonchev–Trinajstić information content (AvgIpc) is 2.97. The Morgan fingerprint density at radius 3 is 2.76 bits per heavy atom. The fraction of sp³-hybridized carbons (Fsp3) is 0.0625. The fourth-order valence-corrected chi connectivity index (χ4v) is 2.11. The van der Waals surface area contributed by atoms with Crippen LogP contribution in [0, 0.1) is 0 Å². The van der Waals surface area contributed by atoms with Crippen LogP contribution in [-0.2, 0) is 0 Å². The van der Waals surface area contributed by atoms with Crippen molar-refractivity contribution in [2.24, 2.45) is 5.10 Å². The van der Waals surface area contributed by atoms with Crippen molar-refractivity contribution in [2.45, 2.75) is 6.92 Å². The molecule has 104 valence electrons. The molecule has 5 heteroatoms. The normalized spacial score (nSPS) is 11.6. The molecule has 0 aliphatic heterocycles. The van der Waals surface area contributed by atoms with Crippen molar-refractivity contribution in [2.75, 3.05) is 0 Å². The van der Waals surface area contributed by atoms with Crippen LogP contribution >= 0.6 is 0 Å². The maximum atomic E-state index is 12.2. The number of nitrogens with zero attached hydrogens (tertiary/aromatic N) is 2. The van der Waals surface area contributed by atoms with Gasteiger partial charge in [0.2, 0.25) is 0 Å². The summed E-state index contributed by atoms with van der Waals surface area (Å²) in [4.78, 5) is 19.2. The van der Waals surface area contributed by atoms with Gasteiger partial charge in [-0.2, -0.15) is 5.10 Å².